The maximum Gasteiger partial charge on any atom is 0.243 e. The molecule has 0 bridgehead atoms. The number of carbonyl (C=O) groups excluding carboxylic acids is 1. The summed E-state index contributed by atoms with van der Waals surface area (Å²) in [6.45, 7) is 4.02. The normalized spacial score (nSPS) is 21.7. The largest absolute Gasteiger partial charge is 0.356 e. The third-order valence-corrected chi connectivity index (χ3v) is 7.42. The summed E-state index contributed by atoms with van der Waals surface area (Å²) in [5.74, 6) is 0.590. The van der Waals surface area contributed by atoms with E-state index in [1.165, 1.54) is 12.8 Å². The molecule has 7 heteroatoms. The van der Waals surface area contributed by atoms with Gasteiger partial charge in [0.2, 0.25) is 15.9 Å². The van der Waals surface area contributed by atoms with Gasteiger partial charge >= 0.3 is 0 Å². The Hall–Kier alpha value is -1.44. The minimum atomic E-state index is -3.38. The van der Waals surface area contributed by atoms with Crippen LogP contribution in [-0.2, 0) is 21.2 Å². The molecule has 2 heterocycles. The number of aryl methyl sites for hydroxylation is 1. The lowest BCUT2D eigenvalue weighted by Gasteiger charge is -2.25. The Morgan fingerprint density at radius 2 is 1.85 bits per heavy atom. The molecule has 0 radical (unpaired) electrons. The topological polar surface area (TPSA) is 78.5 Å². The van der Waals surface area contributed by atoms with Gasteiger partial charge in [-0.1, -0.05) is 18.6 Å². The number of rotatable bonds is 7. The Kier molecular flexibility index (Phi) is 7.26. The van der Waals surface area contributed by atoms with Crippen LogP contribution in [0.1, 0.15) is 44.1 Å². The molecule has 2 aliphatic rings. The van der Waals surface area contributed by atoms with Gasteiger partial charge in [-0.3, -0.25) is 4.79 Å². The maximum atomic E-state index is 12.7. The number of hydrogen-bond donors (Lipinski definition) is 2. The highest BCUT2D eigenvalue weighted by atomic mass is 32.2. The molecule has 1 aromatic rings. The molecule has 1 amide bonds. The average Bonchev–Trinajstić information content (AvgIpc) is 2.72. The lowest BCUT2D eigenvalue weighted by molar-refractivity contribution is -0.121. The van der Waals surface area contributed by atoms with E-state index in [1.807, 2.05) is 12.1 Å². The minimum Gasteiger partial charge on any atom is -0.356 e. The van der Waals surface area contributed by atoms with E-state index in [9.17, 15) is 13.2 Å². The number of benzene rings is 1. The van der Waals surface area contributed by atoms with Crippen molar-refractivity contribution in [3.8, 4) is 0 Å². The van der Waals surface area contributed by atoms with Gasteiger partial charge in [0, 0.05) is 26.1 Å². The van der Waals surface area contributed by atoms with Crippen molar-refractivity contribution in [2.45, 2.75) is 49.8 Å². The standard InChI is InChI=1S/C20H31N3O3S/c24-20(22-16-18-5-4-12-21-15-18)11-8-17-6-9-19(10-7-17)27(25,26)23-13-2-1-3-14-23/h6-7,9-10,18,21H,1-5,8,11-16H2,(H,22,24). The lowest BCUT2D eigenvalue weighted by atomic mass is 10.00. The van der Waals surface area contributed by atoms with E-state index >= 15 is 0 Å². The molecule has 1 unspecified atom stereocenters. The van der Waals surface area contributed by atoms with Gasteiger partial charge in [0.25, 0.3) is 0 Å². The molecule has 1 atom stereocenters. The summed E-state index contributed by atoms with van der Waals surface area (Å²) in [7, 11) is -3.38. The molecule has 0 saturated carbocycles. The van der Waals surface area contributed by atoms with Crippen LogP contribution in [0.25, 0.3) is 0 Å². The van der Waals surface area contributed by atoms with E-state index in [4.69, 9.17) is 0 Å². The fourth-order valence-electron chi connectivity index (χ4n) is 3.79. The van der Waals surface area contributed by atoms with E-state index < -0.39 is 10.0 Å². The third kappa shape index (κ3) is 5.77. The molecular weight excluding hydrogens is 362 g/mol. The van der Waals surface area contributed by atoms with E-state index in [0.717, 1.165) is 44.5 Å². The molecular formula is C20H31N3O3S. The first-order valence-corrected chi connectivity index (χ1v) is 11.6. The van der Waals surface area contributed by atoms with E-state index in [0.29, 0.717) is 36.7 Å². The first-order valence-electron chi connectivity index (χ1n) is 10.1. The van der Waals surface area contributed by atoms with Crippen molar-refractivity contribution in [2.24, 2.45) is 5.92 Å². The van der Waals surface area contributed by atoms with E-state index in [1.54, 1.807) is 16.4 Å². The summed E-state index contributed by atoms with van der Waals surface area (Å²) in [4.78, 5) is 12.4. The monoisotopic (exact) mass is 393 g/mol. The van der Waals surface area contributed by atoms with E-state index in [2.05, 4.69) is 10.6 Å². The number of hydrogen-bond acceptors (Lipinski definition) is 4. The third-order valence-electron chi connectivity index (χ3n) is 5.50. The number of amides is 1. The van der Waals surface area contributed by atoms with Gasteiger partial charge in [-0.25, -0.2) is 8.42 Å². The number of carbonyl (C=O) groups is 1. The Morgan fingerprint density at radius 1 is 1.11 bits per heavy atom. The lowest BCUT2D eigenvalue weighted by Crippen LogP contribution is -2.38. The predicted octanol–water partition coefficient (Wildman–Crippen LogP) is 1.91. The molecule has 0 spiro atoms. The van der Waals surface area contributed by atoms with Crippen LogP contribution in [0.3, 0.4) is 0 Å². The molecule has 2 N–H and O–H groups in total. The maximum absolute atomic E-state index is 12.7. The van der Waals surface area contributed by atoms with Gasteiger partial charge in [0.1, 0.15) is 0 Å². The smallest absolute Gasteiger partial charge is 0.243 e. The zero-order valence-corrected chi connectivity index (χ0v) is 16.8. The number of nitrogens with one attached hydrogen (secondary N) is 2. The number of piperidine rings is 2. The first-order chi connectivity index (χ1) is 13.1. The summed E-state index contributed by atoms with van der Waals surface area (Å²) in [5.41, 5.74) is 0.988. The molecule has 6 nitrogen and oxygen atoms in total. The molecule has 1 aromatic carbocycles. The molecule has 3 rings (SSSR count). The second-order valence-electron chi connectivity index (χ2n) is 7.63. The van der Waals surface area contributed by atoms with Crippen molar-refractivity contribution in [2.75, 3.05) is 32.7 Å². The Morgan fingerprint density at radius 3 is 2.52 bits per heavy atom. The van der Waals surface area contributed by atoms with Crippen LogP contribution < -0.4 is 10.6 Å². The van der Waals surface area contributed by atoms with Crippen molar-refractivity contribution in [1.29, 1.82) is 0 Å². The van der Waals surface area contributed by atoms with Gasteiger partial charge in [0.15, 0.2) is 0 Å². The second-order valence-corrected chi connectivity index (χ2v) is 9.56. The highest BCUT2D eigenvalue weighted by Crippen LogP contribution is 2.21. The Balaban J connectivity index is 1.46. The summed E-state index contributed by atoms with van der Waals surface area (Å²) in [6, 6.07) is 7.00. The van der Waals surface area contributed by atoms with Crippen LogP contribution in [0.5, 0.6) is 0 Å². The molecule has 27 heavy (non-hydrogen) atoms. The van der Waals surface area contributed by atoms with Gasteiger partial charge in [-0.15, -0.1) is 0 Å². The molecule has 2 fully saturated rings. The van der Waals surface area contributed by atoms with Gasteiger partial charge in [-0.05, 0) is 68.8 Å². The van der Waals surface area contributed by atoms with Crippen LogP contribution in [0.15, 0.2) is 29.2 Å². The van der Waals surface area contributed by atoms with Gasteiger partial charge in [-0.2, -0.15) is 4.31 Å². The Labute approximate surface area is 162 Å². The number of sulfonamides is 1. The molecule has 0 aromatic heterocycles. The average molecular weight is 394 g/mol. The summed E-state index contributed by atoms with van der Waals surface area (Å²) in [6.07, 6.45) is 6.36. The van der Waals surface area contributed by atoms with Crippen LogP contribution in [0.4, 0.5) is 0 Å². The highest BCUT2D eigenvalue weighted by molar-refractivity contribution is 7.89. The fourth-order valence-corrected chi connectivity index (χ4v) is 5.30. The SMILES string of the molecule is O=C(CCc1ccc(S(=O)(=O)N2CCCCC2)cc1)NCC1CCCNC1. The zero-order chi connectivity index (χ0) is 19.1. The summed E-state index contributed by atoms with van der Waals surface area (Å²) >= 11 is 0. The summed E-state index contributed by atoms with van der Waals surface area (Å²) in [5, 5.41) is 6.37. The highest BCUT2D eigenvalue weighted by Gasteiger charge is 2.25. The van der Waals surface area contributed by atoms with Crippen molar-refractivity contribution in [1.82, 2.24) is 14.9 Å². The fraction of sp³-hybridized carbons (Fsp3) is 0.650. The van der Waals surface area contributed by atoms with Crippen molar-refractivity contribution < 1.29 is 13.2 Å². The number of nitrogens with zero attached hydrogens (tertiary/aromatic N) is 1. The first kappa shape index (κ1) is 20.3. The van der Waals surface area contributed by atoms with Crippen molar-refractivity contribution in [3.63, 3.8) is 0 Å². The van der Waals surface area contributed by atoms with Gasteiger partial charge in [0.05, 0.1) is 4.90 Å². The quantitative estimate of drug-likeness (QED) is 0.742. The van der Waals surface area contributed by atoms with Gasteiger partial charge < -0.3 is 10.6 Å². The van der Waals surface area contributed by atoms with Crippen molar-refractivity contribution in [3.05, 3.63) is 29.8 Å². The van der Waals surface area contributed by atoms with E-state index in [-0.39, 0.29) is 5.91 Å². The molecule has 2 saturated heterocycles. The zero-order valence-electron chi connectivity index (χ0n) is 16.0. The van der Waals surface area contributed by atoms with Crippen LogP contribution in [-0.4, -0.2) is 51.4 Å². The van der Waals surface area contributed by atoms with Crippen LogP contribution >= 0.6 is 0 Å². The van der Waals surface area contributed by atoms with Crippen LogP contribution in [0.2, 0.25) is 0 Å². The summed E-state index contributed by atoms with van der Waals surface area (Å²) < 4.78 is 26.9. The predicted molar refractivity (Wildman–Crippen MR) is 106 cm³/mol. The van der Waals surface area contributed by atoms with Crippen LogP contribution in [0, 0.1) is 5.92 Å². The van der Waals surface area contributed by atoms with Crippen molar-refractivity contribution >= 4 is 15.9 Å². The Bertz CT molecular complexity index is 706. The second kappa shape index (κ2) is 9.66. The molecule has 0 aliphatic carbocycles. The minimum absolute atomic E-state index is 0.0607. The molecule has 150 valence electrons. The molecule has 2 aliphatic heterocycles.